The number of carbonyl (C=O) groups excluding carboxylic acids is 1. The standard InChI is InChI=1S/C17H27N3O3/c1-17(2,3)23-16(21)20-9-5-6-14(12-20)19-11-13-7-8-18-15(10-13)22-4/h7-8,10,14,19H,5-6,9,11-12H2,1-4H3. The van der Waals surface area contributed by atoms with Crippen molar-refractivity contribution in [3.8, 4) is 5.88 Å². The number of pyridine rings is 1. The Labute approximate surface area is 138 Å². The summed E-state index contributed by atoms with van der Waals surface area (Å²) >= 11 is 0. The fourth-order valence-corrected chi connectivity index (χ4v) is 2.57. The molecule has 23 heavy (non-hydrogen) atoms. The summed E-state index contributed by atoms with van der Waals surface area (Å²) in [4.78, 5) is 18.1. The van der Waals surface area contributed by atoms with Crippen LogP contribution in [-0.2, 0) is 11.3 Å². The third-order valence-corrected chi connectivity index (χ3v) is 3.68. The molecule has 0 radical (unpaired) electrons. The summed E-state index contributed by atoms with van der Waals surface area (Å²) in [6, 6.07) is 4.15. The molecule has 0 saturated carbocycles. The van der Waals surface area contributed by atoms with Gasteiger partial charge in [0, 0.05) is 37.9 Å². The van der Waals surface area contributed by atoms with Crippen LogP contribution in [0.4, 0.5) is 4.79 Å². The fourth-order valence-electron chi connectivity index (χ4n) is 2.57. The van der Waals surface area contributed by atoms with Gasteiger partial charge in [0.1, 0.15) is 5.60 Å². The number of rotatable bonds is 4. The van der Waals surface area contributed by atoms with E-state index in [1.54, 1.807) is 18.2 Å². The van der Waals surface area contributed by atoms with E-state index < -0.39 is 5.60 Å². The van der Waals surface area contributed by atoms with Gasteiger partial charge in [-0.05, 0) is 45.2 Å². The number of ether oxygens (including phenoxy) is 2. The molecule has 0 aliphatic carbocycles. The topological polar surface area (TPSA) is 63.7 Å². The molecular weight excluding hydrogens is 294 g/mol. The zero-order valence-electron chi connectivity index (χ0n) is 14.5. The smallest absolute Gasteiger partial charge is 0.410 e. The number of amides is 1. The summed E-state index contributed by atoms with van der Waals surface area (Å²) in [6.07, 6.45) is 3.55. The zero-order valence-corrected chi connectivity index (χ0v) is 14.5. The molecule has 1 N–H and O–H groups in total. The fraction of sp³-hybridized carbons (Fsp3) is 0.647. The van der Waals surface area contributed by atoms with Gasteiger partial charge in [0.2, 0.25) is 5.88 Å². The lowest BCUT2D eigenvalue weighted by Gasteiger charge is -2.34. The molecule has 1 amide bonds. The summed E-state index contributed by atoms with van der Waals surface area (Å²) in [6.45, 7) is 7.84. The summed E-state index contributed by atoms with van der Waals surface area (Å²) in [5.41, 5.74) is 0.664. The van der Waals surface area contributed by atoms with Crippen LogP contribution in [0.3, 0.4) is 0 Å². The number of carbonyl (C=O) groups is 1. The minimum atomic E-state index is -0.453. The Hall–Kier alpha value is -1.82. The summed E-state index contributed by atoms with van der Waals surface area (Å²) in [5.74, 6) is 0.614. The predicted molar refractivity (Wildman–Crippen MR) is 88.5 cm³/mol. The van der Waals surface area contributed by atoms with E-state index in [1.807, 2.05) is 32.9 Å². The van der Waals surface area contributed by atoms with Crippen LogP contribution in [0.25, 0.3) is 0 Å². The van der Waals surface area contributed by atoms with E-state index in [4.69, 9.17) is 9.47 Å². The van der Waals surface area contributed by atoms with Gasteiger partial charge < -0.3 is 19.7 Å². The van der Waals surface area contributed by atoms with E-state index >= 15 is 0 Å². The Balaban J connectivity index is 1.85. The maximum atomic E-state index is 12.2. The van der Waals surface area contributed by atoms with Crippen LogP contribution >= 0.6 is 0 Å². The van der Waals surface area contributed by atoms with Crippen molar-refractivity contribution in [3.63, 3.8) is 0 Å². The minimum absolute atomic E-state index is 0.227. The van der Waals surface area contributed by atoms with E-state index in [0.29, 0.717) is 12.4 Å². The van der Waals surface area contributed by atoms with Gasteiger partial charge in [-0.3, -0.25) is 0 Å². The van der Waals surface area contributed by atoms with Crippen LogP contribution in [0.1, 0.15) is 39.2 Å². The van der Waals surface area contributed by atoms with Gasteiger partial charge in [-0.2, -0.15) is 0 Å². The Morgan fingerprint density at radius 3 is 2.96 bits per heavy atom. The van der Waals surface area contributed by atoms with Gasteiger partial charge >= 0.3 is 6.09 Å². The van der Waals surface area contributed by atoms with Gasteiger partial charge in [0.25, 0.3) is 0 Å². The molecule has 1 aliphatic rings. The van der Waals surface area contributed by atoms with Crippen molar-refractivity contribution in [1.29, 1.82) is 0 Å². The summed E-state index contributed by atoms with van der Waals surface area (Å²) in [5, 5.41) is 3.50. The number of piperidine rings is 1. The first-order valence-corrected chi connectivity index (χ1v) is 8.07. The number of hydrogen-bond acceptors (Lipinski definition) is 5. The van der Waals surface area contributed by atoms with E-state index in [9.17, 15) is 4.79 Å². The van der Waals surface area contributed by atoms with Crippen LogP contribution in [-0.4, -0.2) is 47.8 Å². The maximum absolute atomic E-state index is 12.2. The molecule has 1 unspecified atom stereocenters. The molecule has 6 heteroatoms. The molecule has 0 bridgehead atoms. The Morgan fingerprint density at radius 2 is 2.26 bits per heavy atom. The molecule has 1 aromatic rings. The van der Waals surface area contributed by atoms with Crippen molar-refractivity contribution in [3.05, 3.63) is 23.9 Å². The third-order valence-electron chi connectivity index (χ3n) is 3.68. The molecule has 1 aromatic heterocycles. The molecule has 1 fully saturated rings. The summed E-state index contributed by atoms with van der Waals surface area (Å²) < 4.78 is 10.6. The molecule has 128 valence electrons. The van der Waals surface area contributed by atoms with E-state index in [2.05, 4.69) is 10.3 Å². The lowest BCUT2D eigenvalue weighted by atomic mass is 10.1. The highest BCUT2D eigenvalue weighted by Crippen LogP contribution is 2.16. The van der Waals surface area contributed by atoms with Crippen molar-refractivity contribution in [1.82, 2.24) is 15.2 Å². The normalized spacial score (nSPS) is 18.6. The van der Waals surface area contributed by atoms with Crippen molar-refractivity contribution in [2.45, 2.75) is 51.8 Å². The molecule has 2 rings (SSSR count). The van der Waals surface area contributed by atoms with Gasteiger partial charge in [-0.1, -0.05) is 0 Å². The Kier molecular flexibility index (Phi) is 5.82. The average molecular weight is 321 g/mol. The Morgan fingerprint density at radius 1 is 1.48 bits per heavy atom. The second-order valence-corrected chi connectivity index (χ2v) is 6.85. The molecule has 2 heterocycles. The monoisotopic (exact) mass is 321 g/mol. The quantitative estimate of drug-likeness (QED) is 0.923. The second-order valence-electron chi connectivity index (χ2n) is 6.85. The van der Waals surface area contributed by atoms with Crippen molar-refractivity contribution in [2.75, 3.05) is 20.2 Å². The number of methoxy groups -OCH3 is 1. The highest BCUT2D eigenvalue weighted by Gasteiger charge is 2.27. The zero-order chi connectivity index (χ0) is 16.9. The van der Waals surface area contributed by atoms with Gasteiger partial charge in [-0.15, -0.1) is 0 Å². The lowest BCUT2D eigenvalue weighted by Crippen LogP contribution is -2.49. The van der Waals surface area contributed by atoms with E-state index in [1.165, 1.54) is 0 Å². The molecule has 0 aromatic carbocycles. The first-order valence-electron chi connectivity index (χ1n) is 8.07. The van der Waals surface area contributed by atoms with Gasteiger partial charge in [-0.25, -0.2) is 9.78 Å². The van der Waals surface area contributed by atoms with Gasteiger partial charge in [0.05, 0.1) is 7.11 Å². The largest absolute Gasteiger partial charge is 0.481 e. The van der Waals surface area contributed by atoms with E-state index in [0.717, 1.165) is 31.5 Å². The molecule has 1 saturated heterocycles. The Bertz CT molecular complexity index is 528. The molecule has 1 aliphatic heterocycles. The number of nitrogens with zero attached hydrogens (tertiary/aromatic N) is 2. The second kappa shape index (κ2) is 7.64. The highest BCUT2D eigenvalue weighted by molar-refractivity contribution is 5.68. The minimum Gasteiger partial charge on any atom is -0.481 e. The molecule has 0 spiro atoms. The molecular formula is C17H27N3O3. The molecule has 6 nitrogen and oxygen atoms in total. The highest BCUT2D eigenvalue weighted by atomic mass is 16.6. The number of hydrogen-bond donors (Lipinski definition) is 1. The van der Waals surface area contributed by atoms with Crippen molar-refractivity contribution < 1.29 is 14.3 Å². The average Bonchev–Trinajstić information content (AvgIpc) is 2.52. The first kappa shape index (κ1) is 17.5. The number of aromatic nitrogens is 1. The van der Waals surface area contributed by atoms with E-state index in [-0.39, 0.29) is 12.1 Å². The summed E-state index contributed by atoms with van der Waals surface area (Å²) in [7, 11) is 1.61. The predicted octanol–water partition coefficient (Wildman–Crippen LogP) is 2.58. The number of nitrogens with one attached hydrogen (secondary N) is 1. The third kappa shape index (κ3) is 5.71. The van der Waals surface area contributed by atoms with Crippen LogP contribution < -0.4 is 10.1 Å². The van der Waals surface area contributed by atoms with Crippen molar-refractivity contribution in [2.24, 2.45) is 0 Å². The van der Waals surface area contributed by atoms with Gasteiger partial charge in [0.15, 0.2) is 0 Å². The van der Waals surface area contributed by atoms with Crippen LogP contribution in [0.15, 0.2) is 18.3 Å². The van der Waals surface area contributed by atoms with Crippen LogP contribution in [0, 0.1) is 0 Å². The number of likely N-dealkylation sites (tertiary alicyclic amines) is 1. The SMILES string of the molecule is COc1cc(CNC2CCCN(C(=O)OC(C)(C)C)C2)ccn1. The maximum Gasteiger partial charge on any atom is 0.410 e. The van der Waals surface area contributed by atoms with Crippen molar-refractivity contribution >= 4 is 6.09 Å². The molecule has 1 atom stereocenters. The van der Waals surface area contributed by atoms with Crippen LogP contribution in [0.2, 0.25) is 0 Å². The first-order chi connectivity index (χ1) is 10.9. The lowest BCUT2D eigenvalue weighted by molar-refractivity contribution is 0.0187. The van der Waals surface area contributed by atoms with Crippen LogP contribution in [0.5, 0.6) is 5.88 Å².